The Balaban J connectivity index is 1.60. The summed E-state index contributed by atoms with van der Waals surface area (Å²) in [6, 6.07) is 7.25. The normalized spacial score (nSPS) is 26.7. The van der Waals surface area contributed by atoms with Crippen LogP contribution in [0.4, 0.5) is 0 Å². The zero-order chi connectivity index (χ0) is 15.5. The summed E-state index contributed by atoms with van der Waals surface area (Å²) in [6.45, 7) is 3.94. The molecule has 2 heterocycles. The average molecular weight is 306 g/mol. The Morgan fingerprint density at radius 1 is 1.41 bits per heavy atom. The molecule has 1 amide bonds. The van der Waals surface area contributed by atoms with Crippen LogP contribution in [0.3, 0.4) is 0 Å². The number of nitrogens with one attached hydrogen (secondary N) is 1. The van der Waals surface area contributed by atoms with Gasteiger partial charge in [-0.1, -0.05) is 12.1 Å². The van der Waals surface area contributed by atoms with Crippen molar-refractivity contribution in [2.75, 3.05) is 26.2 Å². The van der Waals surface area contributed by atoms with Crippen molar-refractivity contribution in [2.45, 2.75) is 31.6 Å². The zero-order valence-electron chi connectivity index (χ0n) is 12.7. The van der Waals surface area contributed by atoms with Crippen molar-refractivity contribution >= 4 is 5.91 Å². The van der Waals surface area contributed by atoms with Crippen LogP contribution < -0.4 is 14.8 Å². The molecule has 1 saturated heterocycles. The first-order valence-electron chi connectivity index (χ1n) is 7.76. The fourth-order valence-corrected chi connectivity index (χ4v) is 2.90. The molecule has 0 aliphatic carbocycles. The van der Waals surface area contributed by atoms with Crippen LogP contribution in [0.25, 0.3) is 0 Å². The Hall–Kier alpha value is -1.79. The van der Waals surface area contributed by atoms with Crippen molar-refractivity contribution in [3.8, 4) is 11.5 Å². The minimum Gasteiger partial charge on any atom is -0.486 e. The van der Waals surface area contributed by atoms with Crippen LogP contribution in [0.2, 0.25) is 0 Å². The second kappa shape index (κ2) is 6.54. The molecule has 1 fully saturated rings. The maximum absolute atomic E-state index is 12.5. The van der Waals surface area contributed by atoms with Gasteiger partial charge < -0.3 is 24.8 Å². The van der Waals surface area contributed by atoms with E-state index in [0.717, 1.165) is 11.5 Å². The highest BCUT2D eigenvalue weighted by atomic mass is 16.6. The predicted molar refractivity (Wildman–Crippen MR) is 81.0 cm³/mol. The molecule has 3 atom stereocenters. The third-order valence-corrected chi connectivity index (χ3v) is 4.09. The number of fused-ring (bicyclic) bond motifs is 1. The van der Waals surface area contributed by atoms with E-state index in [2.05, 4.69) is 5.32 Å². The molecule has 0 aromatic heterocycles. The van der Waals surface area contributed by atoms with Gasteiger partial charge in [-0.2, -0.15) is 0 Å². The Morgan fingerprint density at radius 2 is 2.18 bits per heavy atom. The number of nitrogens with zero attached hydrogens (tertiary/aromatic N) is 1. The molecule has 0 radical (unpaired) electrons. The Labute approximate surface area is 130 Å². The SMILES string of the molecule is CCN(C[C@@H]1COc2ccccc2O1)C(=O)[C@@H]1C[C@@H](O)CN1. The van der Waals surface area contributed by atoms with E-state index >= 15 is 0 Å². The van der Waals surface area contributed by atoms with Gasteiger partial charge in [0.15, 0.2) is 17.6 Å². The first-order chi connectivity index (χ1) is 10.7. The molecule has 0 unspecified atom stereocenters. The number of amides is 1. The zero-order valence-corrected chi connectivity index (χ0v) is 12.7. The second-order valence-electron chi connectivity index (χ2n) is 5.72. The molecule has 22 heavy (non-hydrogen) atoms. The van der Waals surface area contributed by atoms with E-state index in [-0.39, 0.29) is 18.1 Å². The standard InChI is InChI=1S/C16H22N2O4/c1-2-18(16(20)13-7-11(19)8-17-13)9-12-10-21-14-5-3-4-6-15(14)22-12/h3-6,11-13,17,19H,2,7-10H2,1H3/t11-,12-,13+/m1/s1. The highest BCUT2D eigenvalue weighted by Gasteiger charge is 2.32. The van der Waals surface area contributed by atoms with Crippen LogP contribution in [0.1, 0.15) is 13.3 Å². The van der Waals surface area contributed by atoms with Crippen molar-refractivity contribution in [1.82, 2.24) is 10.2 Å². The summed E-state index contributed by atoms with van der Waals surface area (Å²) in [4.78, 5) is 14.3. The van der Waals surface area contributed by atoms with Crippen LogP contribution in [-0.4, -0.2) is 60.4 Å². The molecular formula is C16H22N2O4. The van der Waals surface area contributed by atoms with Gasteiger partial charge in [0.25, 0.3) is 0 Å². The number of hydrogen-bond donors (Lipinski definition) is 2. The van der Waals surface area contributed by atoms with Gasteiger partial charge in [0.2, 0.25) is 5.91 Å². The van der Waals surface area contributed by atoms with Crippen molar-refractivity contribution in [3.05, 3.63) is 24.3 Å². The number of para-hydroxylation sites is 2. The summed E-state index contributed by atoms with van der Waals surface area (Å²) < 4.78 is 11.6. The molecule has 3 rings (SSSR count). The van der Waals surface area contributed by atoms with Gasteiger partial charge in [-0.05, 0) is 25.5 Å². The topological polar surface area (TPSA) is 71.0 Å². The van der Waals surface area contributed by atoms with Crippen molar-refractivity contribution in [3.63, 3.8) is 0 Å². The van der Waals surface area contributed by atoms with E-state index in [0.29, 0.717) is 32.7 Å². The molecule has 0 spiro atoms. The van der Waals surface area contributed by atoms with Gasteiger partial charge in [0.05, 0.1) is 18.7 Å². The minimum atomic E-state index is -0.436. The highest BCUT2D eigenvalue weighted by Crippen LogP contribution is 2.31. The number of β-amino-alcohol motifs (C(OH)–C–C–N with tert-alkyl or cyclic N) is 1. The summed E-state index contributed by atoms with van der Waals surface area (Å²) in [5, 5.41) is 12.6. The third kappa shape index (κ3) is 3.18. The van der Waals surface area contributed by atoms with E-state index in [1.54, 1.807) is 4.90 Å². The molecule has 0 bridgehead atoms. The Kier molecular flexibility index (Phi) is 4.49. The first kappa shape index (κ1) is 15.1. The summed E-state index contributed by atoms with van der Waals surface area (Å²) >= 11 is 0. The number of ether oxygens (including phenoxy) is 2. The number of rotatable bonds is 4. The Bertz CT molecular complexity index is 537. The van der Waals surface area contributed by atoms with Crippen LogP contribution >= 0.6 is 0 Å². The monoisotopic (exact) mass is 306 g/mol. The number of benzene rings is 1. The van der Waals surface area contributed by atoms with Gasteiger partial charge in [0, 0.05) is 13.1 Å². The van der Waals surface area contributed by atoms with Crippen LogP contribution in [0.15, 0.2) is 24.3 Å². The number of hydrogen-bond acceptors (Lipinski definition) is 5. The molecule has 6 heteroatoms. The fourth-order valence-electron chi connectivity index (χ4n) is 2.90. The van der Waals surface area contributed by atoms with Crippen LogP contribution in [0.5, 0.6) is 11.5 Å². The van der Waals surface area contributed by atoms with Gasteiger partial charge in [-0.3, -0.25) is 4.79 Å². The number of aliphatic hydroxyl groups excluding tert-OH is 1. The summed E-state index contributed by atoms with van der Waals surface area (Å²) in [6.07, 6.45) is -0.140. The van der Waals surface area contributed by atoms with Crippen molar-refractivity contribution < 1.29 is 19.4 Å². The smallest absolute Gasteiger partial charge is 0.239 e. The molecule has 2 aliphatic heterocycles. The van der Waals surface area contributed by atoms with E-state index in [1.165, 1.54) is 0 Å². The molecule has 2 aliphatic rings. The van der Waals surface area contributed by atoms with Gasteiger partial charge >= 0.3 is 0 Å². The quantitative estimate of drug-likeness (QED) is 0.842. The first-order valence-corrected chi connectivity index (χ1v) is 7.76. The lowest BCUT2D eigenvalue weighted by atomic mass is 10.1. The van der Waals surface area contributed by atoms with Crippen molar-refractivity contribution in [2.24, 2.45) is 0 Å². The largest absolute Gasteiger partial charge is 0.486 e. The minimum absolute atomic E-state index is 0.0153. The van der Waals surface area contributed by atoms with Crippen molar-refractivity contribution in [1.29, 1.82) is 0 Å². The van der Waals surface area contributed by atoms with Gasteiger partial charge in [-0.15, -0.1) is 0 Å². The van der Waals surface area contributed by atoms with Crippen LogP contribution in [0, 0.1) is 0 Å². The lowest BCUT2D eigenvalue weighted by Crippen LogP contribution is -2.49. The molecule has 0 saturated carbocycles. The fraction of sp³-hybridized carbons (Fsp3) is 0.562. The lowest BCUT2D eigenvalue weighted by molar-refractivity contribution is -0.134. The molecular weight excluding hydrogens is 284 g/mol. The van der Waals surface area contributed by atoms with E-state index in [9.17, 15) is 9.90 Å². The van der Waals surface area contributed by atoms with E-state index in [1.807, 2.05) is 31.2 Å². The maximum Gasteiger partial charge on any atom is 0.239 e. The van der Waals surface area contributed by atoms with Gasteiger partial charge in [0.1, 0.15) is 6.61 Å². The lowest BCUT2D eigenvalue weighted by Gasteiger charge is -2.32. The summed E-state index contributed by atoms with van der Waals surface area (Å²) in [5.41, 5.74) is 0. The highest BCUT2D eigenvalue weighted by molar-refractivity contribution is 5.82. The molecule has 2 N–H and O–H groups in total. The molecule has 120 valence electrons. The van der Waals surface area contributed by atoms with E-state index in [4.69, 9.17) is 9.47 Å². The second-order valence-corrected chi connectivity index (χ2v) is 5.72. The molecule has 6 nitrogen and oxygen atoms in total. The molecule has 1 aromatic carbocycles. The number of likely N-dealkylation sites (N-methyl/N-ethyl adjacent to an activating group) is 1. The number of aliphatic hydroxyl groups is 1. The average Bonchev–Trinajstić information content (AvgIpc) is 2.98. The van der Waals surface area contributed by atoms with E-state index < -0.39 is 6.10 Å². The third-order valence-electron chi connectivity index (χ3n) is 4.09. The number of carbonyl (C=O) groups is 1. The Morgan fingerprint density at radius 3 is 2.86 bits per heavy atom. The summed E-state index contributed by atoms with van der Waals surface area (Å²) in [5.74, 6) is 1.48. The predicted octanol–water partition coefficient (Wildman–Crippen LogP) is 0.398. The van der Waals surface area contributed by atoms with Gasteiger partial charge in [-0.25, -0.2) is 0 Å². The number of carbonyl (C=O) groups excluding carboxylic acids is 1. The molecule has 1 aromatic rings. The van der Waals surface area contributed by atoms with Crippen LogP contribution in [-0.2, 0) is 4.79 Å². The summed E-state index contributed by atoms with van der Waals surface area (Å²) in [7, 11) is 0. The maximum atomic E-state index is 12.5.